The van der Waals surface area contributed by atoms with Crippen molar-refractivity contribution in [3.63, 3.8) is 0 Å². The van der Waals surface area contributed by atoms with Crippen LogP contribution in [0.15, 0.2) is 24.3 Å². The van der Waals surface area contributed by atoms with E-state index in [1.54, 1.807) is 0 Å². The van der Waals surface area contributed by atoms with Crippen molar-refractivity contribution in [3.8, 4) is 12.3 Å². The summed E-state index contributed by atoms with van der Waals surface area (Å²) in [5.41, 5.74) is 2.95. The number of nitrogens with one attached hydrogen (secondary N) is 1. The van der Waals surface area contributed by atoms with E-state index < -0.39 is 0 Å². The first-order valence-electron chi connectivity index (χ1n) is 5.74. The summed E-state index contributed by atoms with van der Waals surface area (Å²) >= 11 is 2.01. The van der Waals surface area contributed by atoms with Crippen LogP contribution in [0, 0.1) is 12.3 Å². The van der Waals surface area contributed by atoms with Gasteiger partial charge in [0.05, 0.1) is 0 Å². The van der Waals surface area contributed by atoms with Gasteiger partial charge in [-0.15, -0.1) is 12.3 Å². The zero-order valence-corrected chi connectivity index (χ0v) is 10.2. The molecule has 1 aliphatic heterocycles. The van der Waals surface area contributed by atoms with E-state index in [0.29, 0.717) is 6.04 Å². The summed E-state index contributed by atoms with van der Waals surface area (Å²) in [4.78, 5) is 0. The SMILES string of the molecule is C#CCCCNC1CSCc2ccccc21. The zero-order chi connectivity index (χ0) is 11.2. The van der Waals surface area contributed by atoms with Gasteiger partial charge in [0, 0.05) is 24.0 Å². The highest BCUT2D eigenvalue weighted by Crippen LogP contribution is 2.31. The molecule has 1 aromatic rings. The highest BCUT2D eigenvalue weighted by molar-refractivity contribution is 7.98. The third kappa shape index (κ3) is 2.81. The van der Waals surface area contributed by atoms with Crippen LogP contribution >= 0.6 is 11.8 Å². The summed E-state index contributed by atoms with van der Waals surface area (Å²) in [6, 6.07) is 9.24. The molecular weight excluding hydrogens is 214 g/mol. The smallest absolute Gasteiger partial charge is 0.0415 e. The standard InChI is InChI=1S/C14H17NS/c1-2-3-6-9-15-14-11-16-10-12-7-4-5-8-13(12)14/h1,4-5,7-8,14-15H,3,6,9-11H2. The molecule has 1 heterocycles. The van der Waals surface area contributed by atoms with Gasteiger partial charge in [-0.25, -0.2) is 0 Å². The van der Waals surface area contributed by atoms with Crippen molar-refractivity contribution in [3.05, 3.63) is 35.4 Å². The Bertz CT molecular complexity index is 381. The van der Waals surface area contributed by atoms with Crippen molar-refractivity contribution >= 4 is 11.8 Å². The van der Waals surface area contributed by atoms with E-state index in [0.717, 1.165) is 25.1 Å². The summed E-state index contributed by atoms with van der Waals surface area (Å²) in [6.07, 6.45) is 7.18. The molecule has 2 rings (SSSR count). The monoisotopic (exact) mass is 231 g/mol. The second kappa shape index (κ2) is 5.98. The normalized spacial score (nSPS) is 18.8. The highest BCUT2D eigenvalue weighted by atomic mass is 32.2. The minimum Gasteiger partial charge on any atom is -0.309 e. The van der Waals surface area contributed by atoms with Gasteiger partial charge in [-0.05, 0) is 24.1 Å². The lowest BCUT2D eigenvalue weighted by Gasteiger charge is -2.26. The molecule has 84 valence electrons. The van der Waals surface area contributed by atoms with Crippen LogP contribution in [0.3, 0.4) is 0 Å². The third-order valence-electron chi connectivity index (χ3n) is 2.86. The van der Waals surface area contributed by atoms with Crippen LogP contribution < -0.4 is 5.32 Å². The molecule has 0 saturated heterocycles. The van der Waals surface area contributed by atoms with Crippen LogP contribution in [0.5, 0.6) is 0 Å². The molecule has 1 nitrogen and oxygen atoms in total. The predicted molar refractivity (Wildman–Crippen MR) is 71.4 cm³/mol. The quantitative estimate of drug-likeness (QED) is 0.631. The van der Waals surface area contributed by atoms with Crippen LogP contribution in [0.1, 0.15) is 30.0 Å². The lowest BCUT2D eigenvalue weighted by atomic mass is 10.0. The van der Waals surface area contributed by atoms with Gasteiger partial charge in [-0.2, -0.15) is 11.8 Å². The molecule has 16 heavy (non-hydrogen) atoms. The minimum atomic E-state index is 0.507. The van der Waals surface area contributed by atoms with E-state index in [2.05, 4.69) is 35.5 Å². The van der Waals surface area contributed by atoms with Crippen LogP contribution in [0.4, 0.5) is 0 Å². The maximum atomic E-state index is 5.24. The fourth-order valence-corrected chi connectivity index (χ4v) is 3.15. The number of hydrogen-bond acceptors (Lipinski definition) is 2. The van der Waals surface area contributed by atoms with Gasteiger partial charge >= 0.3 is 0 Å². The second-order valence-electron chi connectivity index (χ2n) is 4.03. The molecule has 2 heteroatoms. The fourth-order valence-electron chi connectivity index (χ4n) is 2.02. The molecule has 1 aliphatic rings. The van der Waals surface area contributed by atoms with Crippen molar-refractivity contribution in [2.45, 2.75) is 24.6 Å². The predicted octanol–water partition coefficient (Wildman–Crippen LogP) is 2.98. The maximum absolute atomic E-state index is 5.24. The number of benzene rings is 1. The summed E-state index contributed by atoms with van der Waals surface area (Å²) in [6.45, 7) is 1.02. The third-order valence-corrected chi connectivity index (χ3v) is 3.95. The first kappa shape index (κ1) is 11.6. The number of rotatable bonds is 4. The Labute approximate surface area is 102 Å². The number of hydrogen-bond donors (Lipinski definition) is 1. The molecule has 0 aliphatic carbocycles. The Morgan fingerprint density at radius 3 is 3.19 bits per heavy atom. The van der Waals surface area contributed by atoms with E-state index in [9.17, 15) is 0 Å². The lowest BCUT2D eigenvalue weighted by molar-refractivity contribution is 0.563. The summed E-state index contributed by atoms with van der Waals surface area (Å²) in [5, 5.41) is 3.60. The van der Waals surface area contributed by atoms with Gasteiger partial charge in [0.1, 0.15) is 0 Å². The molecule has 1 aromatic carbocycles. The molecule has 1 unspecified atom stereocenters. The Morgan fingerprint density at radius 2 is 2.31 bits per heavy atom. The number of fused-ring (bicyclic) bond motifs is 1. The molecule has 0 fully saturated rings. The van der Waals surface area contributed by atoms with Gasteiger partial charge in [0.15, 0.2) is 0 Å². The summed E-state index contributed by atoms with van der Waals surface area (Å²) < 4.78 is 0. The Balaban J connectivity index is 1.94. The van der Waals surface area contributed by atoms with Gasteiger partial charge in [0.2, 0.25) is 0 Å². The lowest BCUT2D eigenvalue weighted by Crippen LogP contribution is -2.27. The Kier molecular flexibility index (Phi) is 4.33. The molecule has 0 saturated carbocycles. The van der Waals surface area contributed by atoms with Gasteiger partial charge in [0.25, 0.3) is 0 Å². The molecular formula is C14H17NS. The van der Waals surface area contributed by atoms with E-state index in [-0.39, 0.29) is 0 Å². The first-order valence-corrected chi connectivity index (χ1v) is 6.89. The molecule has 0 radical (unpaired) electrons. The number of thioether (sulfide) groups is 1. The fraction of sp³-hybridized carbons (Fsp3) is 0.429. The van der Waals surface area contributed by atoms with Crippen LogP contribution in [0.2, 0.25) is 0 Å². The van der Waals surface area contributed by atoms with Crippen molar-refractivity contribution < 1.29 is 0 Å². The van der Waals surface area contributed by atoms with Crippen molar-refractivity contribution in [2.75, 3.05) is 12.3 Å². The molecule has 0 bridgehead atoms. The van der Waals surface area contributed by atoms with Gasteiger partial charge in [-0.1, -0.05) is 24.3 Å². The molecule has 0 aromatic heterocycles. The summed E-state index contributed by atoms with van der Waals surface area (Å²) in [5.74, 6) is 5.00. The first-order chi connectivity index (χ1) is 7.92. The van der Waals surface area contributed by atoms with Crippen molar-refractivity contribution in [1.29, 1.82) is 0 Å². The Morgan fingerprint density at radius 1 is 1.44 bits per heavy atom. The van der Waals surface area contributed by atoms with Crippen molar-refractivity contribution in [1.82, 2.24) is 5.32 Å². The number of terminal acetylenes is 1. The maximum Gasteiger partial charge on any atom is 0.0415 e. The van der Waals surface area contributed by atoms with E-state index in [1.807, 2.05) is 11.8 Å². The molecule has 0 amide bonds. The average molecular weight is 231 g/mol. The summed E-state index contributed by atoms with van der Waals surface area (Å²) in [7, 11) is 0. The van der Waals surface area contributed by atoms with E-state index in [1.165, 1.54) is 16.9 Å². The van der Waals surface area contributed by atoms with Gasteiger partial charge < -0.3 is 5.32 Å². The zero-order valence-electron chi connectivity index (χ0n) is 9.41. The molecule has 1 atom stereocenters. The average Bonchev–Trinajstić information content (AvgIpc) is 2.35. The van der Waals surface area contributed by atoms with E-state index in [4.69, 9.17) is 6.42 Å². The largest absolute Gasteiger partial charge is 0.309 e. The molecule has 1 N–H and O–H groups in total. The molecule has 0 spiro atoms. The van der Waals surface area contributed by atoms with Gasteiger partial charge in [-0.3, -0.25) is 0 Å². The van der Waals surface area contributed by atoms with Crippen molar-refractivity contribution in [2.24, 2.45) is 0 Å². The highest BCUT2D eigenvalue weighted by Gasteiger charge is 2.18. The minimum absolute atomic E-state index is 0.507. The number of unbranched alkanes of at least 4 members (excludes halogenated alkanes) is 1. The van der Waals surface area contributed by atoms with Crippen LogP contribution in [0.25, 0.3) is 0 Å². The van der Waals surface area contributed by atoms with Crippen LogP contribution in [-0.2, 0) is 5.75 Å². The topological polar surface area (TPSA) is 12.0 Å². The van der Waals surface area contributed by atoms with E-state index >= 15 is 0 Å². The second-order valence-corrected chi connectivity index (χ2v) is 5.06. The Hall–Kier alpha value is -0.910. The van der Waals surface area contributed by atoms with Crippen LogP contribution in [-0.4, -0.2) is 12.3 Å².